The quantitative estimate of drug-likeness (QED) is 0.477. The van der Waals surface area contributed by atoms with E-state index in [0.29, 0.717) is 5.56 Å². The summed E-state index contributed by atoms with van der Waals surface area (Å²) in [7, 11) is 0. The van der Waals surface area contributed by atoms with Gasteiger partial charge in [0.15, 0.2) is 11.5 Å². The molecule has 0 aliphatic carbocycles. The minimum atomic E-state index is -0.648. The van der Waals surface area contributed by atoms with Crippen LogP contribution in [0.3, 0.4) is 0 Å². The van der Waals surface area contributed by atoms with Crippen LogP contribution in [0.1, 0.15) is 67.4 Å². The number of oxazole rings is 1. The molecule has 0 aliphatic heterocycles. The molecule has 0 radical (unpaired) electrons. The number of fused-ring (bicyclic) bond motifs is 1. The summed E-state index contributed by atoms with van der Waals surface area (Å²) in [6.45, 7) is 8.87. The van der Waals surface area contributed by atoms with Gasteiger partial charge in [-0.2, -0.15) is 0 Å². The number of H-pyrrole nitrogens is 1. The van der Waals surface area contributed by atoms with Crippen LogP contribution in [0.25, 0.3) is 10.9 Å². The second-order valence-corrected chi connectivity index (χ2v) is 8.79. The average Bonchev–Trinajstić information content (AvgIpc) is 3.36. The fourth-order valence-corrected chi connectivity index (χ4v) is 3.13. The molecule has 0 aliphatic rings. The Balaban J connectivity index is 1.64. The van der Waals surface area contributed by atoms with Gasteiger partial charge >= 0.3 is 6.09 Å². The Hall–Kier alpha value is -3.62. The maximum Gasteiger partial charge on any atom is 0.408 e. The summed E-state index contributed by atoms with van der Waals surface area (Å²) in [5.74, 6) is -0.668. The number of alkyl carbamates (subject to hydrolysis) is 1. The van der Waals surface area contributed by atoms with Gasteiger partial charge in [0.2, 0.25) is 5.89 Å². The number of amides is 2. The second kappa shape index (κ2) is 9.25. The molecule has 0 fully saturated rings. The number of benzene rings is 1. The molecular formula is C23H28N4O5. The highest BCUT2D eigenvalue weighted by atomic mass is 16.6. The maximum absolute atomic E-state index is 12.6. The standard InChI is InChI=1S/C23H28N4O5/c1-13(2)19(27-22(30)32-23(3,4)5)21-26-17(12-31-21)20(29)25-11-18(28)15-10-24-16-9-7-6-8-14(15)16/h6-10,12-13,19,24H,11H2,1-5H3,(H,25,29)(H,27,30)/t19-/m0/s1. The van der Waals surface area contributed by atoms with E-state index in [9.17, 15) is 14.4 Å². The molecular weight excluding hydrogens is 412 g/mol. The Morgan fingerprint density at radius 2 is 1.91 bits per heavy atom. The molecule has 3 aromatic rings. The lowest BCUT2D eigenvalue weighted by atomic mass is 10.0. The third-order valence-electron chi connectivity index (χ3n) is 4.66. The van der Waals surface area contributed by atoms with E-state index in [1.807, 2.05) is 38.1 Å². The Kier molecular flexibility index (Phi) is 6.67. The van der Waals surface area contributed by atoms with E-state index in [4.69, 9.17) is 9.15 Å². The predicted octanol–water partition coefficient (Wildman–Crippen LogP) is 3.99. The molecule has 32 heavy (non-hydrogen) atoms. The maximum atomic E-state index is 12.6. The predicted molar refractivity (Wildman–Crippen MR) is 118 cm³/mol. The molecule has 0 saturated heterocycles. The minimum Gasteiger partial charge on any atom is -0.446 e. The first-order valence-electron chi connectivity index (χ1n) is 10.4. The van der Waals surface area contributed by atoms with Gasteiger partial charge < -0.3 is 24.8 Å². The van der Waals surface area contributed by atoms with Crippen molar-refractivity contribution in [2.24, 2.45) is 5.92 Å². The molecule has 0 unspecified atom stereocenters. The topological polar surface area (TPSA) is 126 Å². The van der Waals surface area contributed by atoms with Crippen molar-refractivity contribution >= 4 is 28.7 Å². The molecule has 0 bridgehead atoms. The van der Waals surface area contributed by atoms with Crippen molar-refractivity contribution in [1.82, 2.24) is 20.6 Å². The second-order valence-electron chi connectivity index (χ2n) is 8.79. The van der Waals surface area contributed by atoms with Crippen molar-refractivity contribution in [1.29, 1.82) is 0 Å². The van der Waals surface area contributed by atoms with Crippen LogP contribution in [0.5, 0.6) is 0 Å². The zero-order chi connectivity index (χ0) is 23.5. The zero-order valence-electron chi connectivity index (χ0n) is 18.8. The first kappa shape index (κ1) is 23.1. The minimum absolute atomic E-state index is 0.0170. The number of para-hydroxylation sites is 1. The lowest BCUT2D eigenvalue weighted by Crippen LogP contribution is -2.37. The van der Waals surface area contributed by atoms with E-state index in [2.05, 4.69) is 20.6 Å². The van der Waals surface area contributed by atoms with Crippen LogP contribution in [0.15, 0.2) is 41.1 Å². The largest absolute Gasteiger partial charge is 0.446 e. The third kappa shape index (κ3) is 5.54. The van der Waals surface area contributed by atoms with E-state index in [0.717, 1.165) is 10.9 Å². The van der Waals surface area contributed by atoms with E-state index in [1.54, 1.807) is 27.0 Å². The molecule has 0 spiro atoms. The van der Waals surface area contributed by atoms with Crippen LogP contribution in [0.2, 0.25) is 0 Å². The van der Waals surface area contributed by atoms with Crippen molar-refractivity contribution < 1.29 is 23.5 Å². The van der Waals surface area contributed by atoms with Gasteiger partial charge in [0.05, 0.1) is 6.54 Å². The number of nitrogens with zero attached hydrogens (tertiary/aromatic N) is 1. The summed E-state index contributed by atoms with van der Waals surface area (Å²) in [4.78, 5) is 44.4. The van der Waals surface area contributed by atoms with Gasteiger partial charge in [-0.3, -0.25) is 9.59 Å². The van der Waals surface area contributed by atoms with Crippen LogP contribution >= 0.6 is 0 Å². The number of rotatable bonds is 7. The van der Waals surface area contributed by atoms with Crippen LogP contribution in [0.4, 0.5) is 4.79 Å². The summed E-state index contributed by atoms with van der Waals surface area (Å²) in [6, 6.07) is 6.85. The average molecular weight is 441 g/mol. The van der Waals surface area contributed by atoms with Gasteiger partial charge in [-0.15, -0.1) is 0 Å². The fourth-order valence-electron chi connectivity index (χ4n) is 3.13. The van der Waals surface area contributed by atoms with E-state index in [1.165, 1.54) is 6.26 Å². The Bertz CT molecular complexity index is 1120. The fraction of sp³-hybridized carbons (Fsp3) is 0.391. The highest BCUT2D eigenvalue weighted by molar-refractivity contribution is 6.10. The number of Topliss-reactive ketones (excluding diaryl/α,β-unsaturated/α-hetero) is 1. The van der Waals surface area contributed by atoms with Crippen molar-refractivity contribution in [3.63, 3.8) is 0 Å². The number of aromatic amines is 1. The smallest absolute Gasteiger partial charge is 0.408 e. The van der Waals surface area contributed by atoms with Gasteiger partial charge in [0.1, 0.15) is 17.9 Å². The van der Waals surface area contributed by atoms with Gasteiger partial charge in [0, 0.05) is 22.7 Å². The van der Waals surface area contributed by atoms with Crippen LogP contribution in [-0.2, 0) is 4.74 Å². The van der Waals surface area contributed by atoms with Gasteiger partial charge in [-0.05, 0) is 32.8 Å². The number of nitrogens with one attached hydrogen (secondary N) is 3. The van der Waals surface area contributed by atoms with E-state index in [-0.39, 0.29) is 29.8 Å². The summed E-state index contributed by atoms with van der Waals surface area (Å²) in [5.41, 5.74) is 0.719. The monoisotopic (exact) mass is 440 g/mol. The third-order valence-corrected chi connectivity index (χ3v) is 4.66. The van der Waals surface area contributed by atoms with Crippen LogP contribution in [-0.4, -0.2) is 39.9 Å². The van der Waals surface area contributed by atoms with E-state index < -0.39 is 23.6 Å². The number of carbonyl (C=O) groups is 3. The summed E-state index contributed by atoms with van der Waals surface area (Å²) < 4.78 is 10.7. The Morgan fingerprint density at radius 3 is 2.59 bits per heavy atom. The number of hydrogen-bond donors (Lipinski definition) is 3. The summed E-state index contributed by atoms with van der Waals surface area (Å²) in [6.07, 6.45) is 2.22. The molecule has 3 rings (SSSR count). The molecule has 2 heterocycles. The van der Waals surface area contributed by atoms with E-state index >= 15 is 0 Å². The Morgan fingerprint density at radius 1 is 1.19 bits per heavy atom. The molecule has 170 valence electrons. The molecule has 3 N–H and O–H groups in total. The van der Waals surface area contributed by atoms with Gasteiger partial charge in [0.25, 0.3) is 5.91 Å². The van der Waals surface area contributed by atoms with Crippen molar-refractivity contribution in [2.45, 2.75) is 46.3 Å². The van der Waals surface area contributed by atoms with Crippen molar-refractivity contribution in [3.8, 4) is 0 Å². The van der Waals surface area contributed by atoms with Gasteiger partial charge in [-0.25, -0.2) is 9.78 Å². The molecule has 1 aromatic carbocycles. The van der Waals surface area contributed by atoms with Gasteiger partial charge in [-0.1, -0.05) is 32.0 Å². The number of hydrogen-bond acceptors (Lipinski definition) is 6. The molecule has 1 atom stereocenters. The number of ether oxygens (including phenoxy) is 1. The Labute approximate surface area is 185 Å². The number of carbonyl (C=O) groups excluding carboxylic acids is 3. The number of aromatic nitrogens is 2. The molecule has 0 saturated carbocycles. The molecule has 9 nitrogen and oxygen atoms in total. The lowest BCUT2D eigenvalue weighted by molar-refractivity contribution is 0.0479. The summed E-state index contributed by atoms with van der Waals surface area (Å²) >= 11 is 0. The summed E-state index contributed by atoms with van der Waals surface area (Å²) in [5, 5.41) is 6.08. The van der Waals surface area contributed by atoms with Crippen molar-refractivity contribution in [2.75, 3.05) is 6.54 Å². The SMILES string of the molecule is CC(C)[C@H](NC(=O)OC(C)(C)C)c1nc(C(=O)NCC(=O)c2c[nH]c3ccccc23)co1. The highest BCUT2D eigenvalue weighted by Gasteiger charge is 2.27. The first-order valence-corrected chi connectivity index (χ1v) is 10.4. The zero-order valence-corrected chi connectivity index (χ0v) is 18.8. The lowest BCUT2D eigenvalue weighted by Gasteiger charge is -2.24. The molecule has 2 amide bonds. The highest BCUT2D eigenvalue weighted by Crippen LogP contribution is 2.22. The van der Waals surface area contributed by atoms with Crippen LogP contribution in [0, 0.1) is 5.92 Å². The first-order chi connectivity index (χ1) is 15.0. The normalized spacial score (nSPS) is 12.6. The molecule has 9 heteroatoms. The number of ketones is 1. The van der Waals surface area contributed by atoms with Crippen LogP contribution < -0.4 is 10.6 Å². The molecule has 2 aromatic heterocycles. The van der Waals surface area contributed by atoms with Crippen molar-refractivity contribution in [3.05, 3.63) is 53.9 Å².